The van der Waals surface area contributed by atoms with Gasteiger partial charge in [0.1, 0.15) is 0 Å². The summed E-state index contributed by atoms with van der Waals surface area (Å²) < 4.78 is 5.46. The van der Waals surface area contributed by atoms with E-state index in [1.807, 2.05) is 13.0 Å². The van der Waals surface area contributed by atoms with E-state index < -0.39 is 4.92 Å². The molecule has 112 valence electrons. The van der Waals surface area contributed by atoms with Gasteiger partial charge in [-0.2, -0.15) is 0 Å². The highest BCUT2D eigenvalue weighted by molar-refractivity contribution is 5.48. The number of ether oxygens (including phenoxy) is 1. The molecule has 0 saturated heterocycles. The SMILES string of the molecule is CCNCc1ccc(OCCCCCO)c([N+](=O)[O-])c1. The number of aliphatic hydroxyl groups excluding tert-OH is 1. The molecule has 20 heavy (non-hydrogen) atoms. The Balaban J connectivity index is 2.62. The van der Waals surface area contributed by atoms with Crippen molar-refractivity contribution in [2.45, 2.75) is 32.7 Å². The molecular weight excluding hydrogens is 260 g/mol. The summed E-state index contributed by atoms with van der Waals surface area (Å²) in [6.45, 7) is 4.00. The van der Waals surface area contributed by atoms with Crippen LogP contribution in [0.15, 0.2) is 18.2 Å². The van der Waals surface area contributed by atoms with Crippen molar-refractivity contribution >= 4 is 5.69 Å². The molecule has 0 aromatic heterocycles. The Hall–Kier alpha value is -1.66. The lowest BCUT2D eigenvalue weighted by atomic mass is 10.2. The van der Waals surface area contributed by atoms with Crippen molar-refractivity contribution in [3.63, 3.8) is 0 Å². The highest BCUT2D eigenvalue weighted by Gasteiger charge is 2.15. The Morgan fingerprint density at radius 2 is 2.15 bits per heavy atom. The van der Waals surface area contributed by atoms with Crippen molar-refractivity contribution in [3.05, 3.63) is 33.9 Å². The fraction of sp³-hybridized carbons (Fsp3) is 0.571. The third kappa shape index (κ3) is 5.54. The van der Waals surface area contributed by atoms with E-state index in [2.05, 4.69) is 5.32 Å². The van der Waals surface area contributed by atoms with Crippen LogP contribution in [0.4, 0.5) is 5.69 Å². The quantitative estimate of drug-likeness (QED) is 0.390. The first-order chi connectivity index (χ1) is 9.69. The monoisotopic (exact) mass is 282 g/mol. The van der Waals surface area contributed by atoms with E-state index in [1.165, 1.54) is 0 Å². The molecule has 6 nitrogen and oxygen atoms in total. The van der Waals surface area contributed by atoms with E-state index in [-0.39, 0.29) is 12.3 Å². The van der Waals surface area contributed by atoms with Gasteiger partial charge >= 0.3 is 5.69 Å². The van der Waals surface area contributed by atoms with Gasteiger partial charge in [0.05, 0.1) is 11.5 Å². The van der Waals surface area contributed by atoms with Crippen LogP contribution in [-0.4, -0.2) is 29.8 Å². The van der Waals surface area contributed by atoms with Crippen molar-refractivity contribution < 1.29 is 14.8 Å². The zero-order valence-electron chi connectivity index (χ0n) is 11.8. The number of hydrogen-bond donors (Lipinski definition) is 2. The van der Waals surface area contributed by atoms with E-state index in [1.54, 1.807) is 12.1 Å². The van der Waals surface area contributed by atoms with Crippen LogP contribution >= 0.6 is 0 Å². The van der Waals surface area contributed by atoms with Crippen LogP contribution in [0.25, 0.3) is 0 Å². The van der Waals surface area contributed by atoms with Crippen LogP contribution in [0.3, 0.4) is 0 Å². The molecule has 1 rings (SSSR count). The Morgan fingerprint density at radius 1 is 1.35 bits per heavy atom. The zero-order valence-corrected chi connectivity index (χ0v) is 11.8. The number of hydrogen-bond acceptors (Lipinski definition) is 5. The summed E-state index contributed by atoms with van der Waals surface area (Å²) in [4.78, 5) is 10.6. The van der Waals surface area contributed by atoms with Crippen LogP contribution < -0.4 is 10.1 Å². The number of nitro groups is 1. The van der Waals surface area contributed by atoms with Gasteiger partial charge < -0.3 is 15.2 Å². The first kappa shape index (κ1) is 16.4. The Morgan fingerprint density at radius 3 is 2.80 bits per heavy atom. The Labute approximate surface area is 118 Å². The second kappa shape index (κ2) is 9.28. The lowest BCUT2D eigenvalue weighted by Crippen LogP contribution is -2.12. The Kier molecular flexibility index (Phi) is 7.60. The average Bonchev–Trinajstić information content (AvgIpc) is 2.45. The minimum absolute atomic E-state index is 0.00237. The zero-order chi connectivity index (χ0) is 14.8. The molecule has 0 heterocycles. The summed E-state index contributed by atoms with van der Waals surface area (Å²) in [5.41, 5.74) is 0.869. The Bertz CT molecular complexity index is 424. The van der Waals surface area contributed by atoms with Gasteiger partial charge in [0.2, 0.25) is 0 Å². The minimum atomic E-state index is -0.418. The molecule has 0 amide bonds. The molecule has 0 atom stereocenters. The van der Waals surface area contributed by atoms with Gasteiger partial charge in [-0.05, 0) is 37.4 Å². The summed E-state index contributed by atoms with van der Waals surface area (Å²) in [6.07, 6.45) is 2.35. The largest absolute Gasteiger partial charge is 0.487 e. The molecular formula is C14H22N2O4. The number of benzene rings is 1. The fourth-order valence-electron chi connectivity index (χ4n) is 1.78. The van der Waals surface area contributed by atoms with Crippen LogP contribution in [0, 0.1) is 10.1 Å². The van der Waals surface area contributed by atoms with Crippen LogP contribution in [0.1, 0.15) is 31.7 Å². The minimum Gasteiger partial charge on any atom is -0.487 e. The van der Waals surface area contributed by atoms with Crippen molar-refractivity contribution in [1.29, 1.82) is 0 Å². The smallest absolute Gasteiger partial charge is 0.311 e. The van der Waals surface area contributed by atoms with Crippen molar-refractivity contribution in [3.8, 4) is 5.75 Å². The highest BCUT2D eigenvalue weighted by Crippen LogP contribution is 2.28. The summed E-state index contributed by atoms with van der Waals surface area (Å²) in [5.74, 6) is 0.305. The first-order valence-electron chi connectivity index (χ1n) is 6.90. The number of unbranched alkanes of at least 4 members (excludes halogenated alkanes) is 2. The number of aliphatic hydroxyl groups is 1. The van der Waals surface area contributed by atoms with Crippen molar-refractivity contribution in [2.75, 3.05) is 19.8 Å². The molecule has 1 aromatic carbocycles. The molecule has 1 aromatic rings. The third-order valence-electron chi connectivity index (χ3n) is 2.86. The summed E-state index contributed by atoms with van der Waals surface area (Å²) in [5, 5.41) is 22.8. The highest BCUT2D eigenvalue weighted by atomic mass is 16.6. The van der Waals surface area contributed by atoms with Gasteiger partial charge in [-0.1, -0.05) is 13.0 Å². The number of nitrogens with zero attached hydrogens (tertiary/aromatic N) is 1. The van der Waals surface area contributed by atoms with E-state index >= 15 is 0 Å². The second-order valence-electron chi connectivity index (χ2n) is 4.47. The van der Waals surface area contributed by atoms with Crippen LogP contribution in [-0.2, 0) is 6.54 Å². The molecule has 0 aliphatic rings. The maximum Gasteiger partial charge on any atom is 0.311 e. The van der Waals surface area contributed by atoms with Gasteiger partial charge in [-0.15, -0.1) is 0 Å². The average molecular weight is 282 g/mol. The maximum absolute atomic E-state index is 11.1. The topological polar surface area (TPSA) is 84.6 Å². The second-order valence-corrected chi connectivity index (χ2v) is 4.47. The molecule has 0 radical (unpaired) electrons. The third-order valence-corrected chi connectivity index (χ3v) is 2.86. The standard InChI is InChI=1S/C14H22N2O4/c1-2-15-11-12-6-7-14(13(10-12)16(18)19)20-9-5-3-4-8-17/h6-7,10,15,17H,2-5,8-9,11H2,1H3. The van der Waals surface area contributed by atoms with Gasteiger partial charge in [0.25, 0.3) is 0 Å². The van der Waals surface area contributed by atoms with Gasteiger partial charge in [0, 0.05) is 19.2 Å². The van der Waals surface area contributed by atoms with E-state index in [0.717, 1.165) is 31.4 Å². The van der Waals surface area contributed by atoms with Crippen molar-refractivity contribution in [1.82, 2.24) is 5.32 Å². The molecule has 0 aliphatic carbocycles. The molecule has 0 fully saturated rings. The molecule has 6 heteroatoms. The fourth-order valence-corrected chi connectivity index (χ4v) is 1.78. The van der Waals surface area contributed by atoms with E-state index in [4.69, 9.17) is 9.84 Å². The molecule has 0 saturated carbocycles. The van der Waals surface area contributed by atoms with Crippen LogP contribution in [0.2, 0.25) is 0 Å². The summed E-state index contributed by atoms with van der Waals surface area (Å²) in [7, 11) is 0. The maximum atomic E-state index is 11.1. The normalized spacial score (nSPS) is 10.5. The van der Waals surface area contributed by atoms with Crippen LogP contribution in [0.5, 0.6) is 5.75 Å². The van der Waals surface area contributed by atoms with Gasteiger partial charge in [0.15, 0.2) is 5.75 Å². The first-order valence-corrected chi connectivity index (χ1v) is 6.90. The van der Waals surface area contributed by atoms with Gasteiger partial charge in [-0.25, -0.2) is 0 Å². The van der Waals surface area contributed by atoms with Gasteiger partial charge in [-0.3, -0.25) is 10.1 Å². The molecule has 0 bridgehead atoms. The molecule has 2 N–H and O–H groups in total. The lowest BCUT2D eigenvalue weighted by Gasteiger charge is -2.08. The number of nitro benzene ring substituents is 1. The summed E-state index contributed by atoms with van der Waals surface area (Å²) in [6, 6.07) is 5.03. The predicted molar refractivity (Wildman–Crippen MR) is 76.9 cm³/mol. The molecule has 0 spiro atoms. The van der Waals surface area contributed by atoms with E-state index in [0.29, 0.717) is 18.9 Å². The number of rotatable bonds is 10. The molecule has 0 aliphatic heterocycles. The van der Waals surface area contributed by atoms with Crippen molar-refractivity contribution in [2.24, 2.45) is 0 Å². The summed E-state index contributed by atoms with van der Waals surface area (Å²) >= 11 is 0. The molecule has 0 unspecified atom stereocenters. The lowest BCUT2D eigenvalue weighted by molar-refractivity contribution is -0.385. The number of nitrogens with one attached hydrogen (secondary N) is 1. The predicted octanol–water partition coefficient (Wildman–Crippen LogP) is 2.25. The van der Waals surface area contributed by atoms with E-state index in [9.17, 15) is 10.1 Å².